The Morgan fingerprint density at radius 3 is 2.00 bits per heavy atom. The zero-order valence-electron chi connectivity index (χ0n) is 10.8. The van der Waals surface area contributed by atoms with Crippen molar-refractivity contribution >= 4 is 23.4 Å². The van der Waals surface area contributed by atoms with Crippen LogP contribution >= 0.6 is 11.6 Å². The maximum Gasteiger partial charge on any atom is 0.272 e. The molecule has 8 heteroatoms. The molecule has 22 heavy (non-hydrogen) atoms. The van der Waals surface area contributed by atoms with Crippen LogP contribution in [0, 0.1) is 17.5 Å². The summed E-state index contributed by atoms with van der Waals surface area (Å²) < 4.78 is 39.3. The predicted molar refractivity (Wildman–Crippen MR) is 72.7 cm³/mol. The minimum atomic E-state index is -1.27. The van der Waals surface area contributed by atoms with Crippen molar-refractivity contribution in [1.82, 2.24) is 10.9 Å². The van der Waals surface area contributed by atoms with Crippen LogP contribution in [0.5, 0.6) is 0 Å². The summed E-state index contributed by atoms with van der Waals surface area (Å²) in [7, 11) is 0. The summed E-state index contributed by atoms with van der Waals surface area (Å²) in [5, 5.41) is -0.337. The van der Waals surface area contributed by atoms with E-state index in [1.807, 2.05) is 10.9 Å². The van der Waals surface area contributed by atoms with E-state index in [0.717, 1.165) is 6.07 Å². The summed E-state index contributed by atoms with van der Waals surface area (Å²) in [4.78, 5) is 23.4. The number of carbonyl (C=O) groups excluding carboxylic acids is 2. The molecule has 0 aliphatic carbocycles. The second kappa shape index (κ2) is 6.48. The summed E-state index contributed by atoms with van der Waals surface area (Å²) in [6, 6.07) is 6.33. The van der Waals surface area contributed by atoms with Gasteiger partial charge in [0.15, 0.2) is 11.6 Å². The number of halogens is 4. The number of hydrogen-bond donors (Lipinski definition) is 2. The van der Waals surface area contributed by atoms with Crippen molar-refractivity contribution in [3.8, 4) is 0 Å². The Morgan fingerprint density at radius 2 is 1.36 bits per heavy atom. The van der Waals surface area contributed by atoms with Gasteiger partial charge in [-0.05, 0) is 24.3 Å². The van der Waals surface area contributed by atoms with E-state index < -0.39 is 29.3 Å². The highest BCUT2D eigenvalue weighted by molar-refractivity contribution is 6.33. The molecule has 2 N–H and O–H groups in total. The Kier molecular flexibility index (Phi) is 4.67. The Balaban J connectivity index is 2.09. The van der Waals surface area contributed by atoms with Gasteiger partial charge in [-0.1, -0.05) is 23.7 Å². The zero-order chi connectivity index (χ0) is 16.3. The van der Waals surface area contributed by atoms with Crippen LogP contribution in [0.3, 0.4) is 0 Å². The molecular formula is C14H8ClF3N2O2. The van der Waals surface area contributed by atoms with Gasteiger partial charge in [0.25, 0.3) is 11.8 Å². The van der Waals surface area contributed by atoms with Gasteiger partial charge < -0.3 is 0 Å². The van der Waals surface area contributed by atoms with Crippen LogP contribution in [-0.4, -0.2) is 11.8 Å². The largest absolute Gasteiger partial charge is 0.272 e. The minimum absolute atomic E-state index is 0.292. The van der Waals surface area contributed by atoms with E-state index in [1.165, 1.54) is 18.2 Å². The number of rotatable bonds is 2. The molecule has 0 radical (unpaired) electrons. The van der Waals surface area contributed by atoms with Gasteiger partial charge in [-0.25, -0.2) is 13.2 Å². The first-order valence-corrected chi connectivity index (χ1v) is 6.27. The van der Waals surface area contributed by atoms with E-state index in [2.05, 4.69) is 0 Å². The Hall–Kier alpha value is -2.54. The second-order valence-electron chi connectivity index (χ2n) is 4.13. The SMILES string of the molecule is O=C(NNC(=O)c1cc(F)c(F)cc1Cl)c1ccccc1F. The second-order valence-corrected chi connectivity index (χ2v) is 4.54. The molecule has 0 aliphatic rings. The molecule has 0 heterocycles. The number of hydrazine groups is 1. The summed E-state index contributed by atoms with van der Waals surface area (Å²) in [6.07, 6.45) is 0. The van der Waals surface area contributed by atoms with Gasteiger partial charge in [-0.3, -0.25) is 20.4 Å². The third-order valence-electron chi connectivity index (χ3n) is 2.66. The first-order valence-electron chi connectivity index (χ1n) is 5.90. The molecule has 2 aromatic rings. The maximum absolute atomic E-state index is 13.4. The molecule has 114 valence electrons. The number of benzene rings is 2. The summed E-state index contributed by atoms with van der Waals surface area (Å²) >= 11 is 5.61. The van der Waals surface area contributed by atoms with Crippen LogP contribution in [0.1, 0.15) is 20.7 Å². The predicted octanol–water partition coefficient (Wildman–Crippen LogP) is 2.83. The summed E-state index contributed by atoms with van der Waals surface area (Å²) in [6.45, 7) is 0. The number of carbonyl (C=O) groups is 2. The van der Waals surface area contributed by atoms with Crippen LogP contribution < -0.4 is 10.9 Å². The lowest BCUT2D eigenvalue weighted by Gasteiger charge is -2.09. The molecule has 0 bridgehead atoms. The average molecular weight is 329 g/mol. The molecule has 0 unspecified atom stereocenters. The van der Waals surface area contributed by atoms with Gasteiger partial charge >= 0.3 is 0 Å². The van der Waals surface area contributed by atoms with E-state index in [-0.39, 0.29) is 16.1 Å². The maximum atomic E-state index is 13.4. The molecule has 0 saturated heterocycles. The molecule has 2 amide bonds. The van der Waals surface area contributed by atoms with Crippen LogP contribution in [0.15, 0.2) is 36.4 Å². The molecule has 0 fully saturated rings. The van der Waals surface area contributed by atoms with Gasteiger partial charge in [0.2, 0.25) is 0 Å². The van der Waals surface area contributed by atoms with Crippen molar-refractivity contribution < 1.29 is 22.8 Å². The highest BCUT2D eigenvalue weighted by Gasteiger charge is 2.17. The van der Waals surface area contributed by atoms with Crippen molar-refractivity contribution in [2.75, 3.05) is 0 Å². The van der Waals surface area contributed by atoms with E-state index >= 15 is 0 Å². The number of nitrogens with one attached hydrogen (secondary N) is 2. The van der Waals surface area contributed by atoms with Gasteiger partial charge in [0.1, 0.15) is 5.82 Å². The quantitative estimate of drug-likeness (QED) is 0.658. The Labute approximate surface area is 127 Å². The molecular weight excluding hydrogens is 321 g/mol. The lowest BCUT2D eigenvalue weighted by Crippen LogP contribution is -2.42. The van der Waals surface area contributed by atoms with Crippen molar-refractivity contribution in [3.05, 3.63) is 70.0 Å². The first kappa shape index (κ1) is 15.8. The highest BCUT2D eigenvalue weighted by atomic mass is 35.5. The van der Waals surface area contributed by atoms with Gasteiger partial charge in [0.05, 0.1) is 16.1 Å². The smallest absolute Gasteiger partial charge is 0.267 e. The molecule has 0 aromatic heterocycles. The van der Waals surface area contributed by atoms with Crippen molar-refractivity contribution in [1.29, 1.82) is 0 Å². The van der Waals surface area contributed by atoms with E-state index in [0.29, 0.717) is 12.1 Å². The molecule has 0 spiro atoms. The summed E-state index contributed by atoms with van der Waals surface area (Å²) in [5.41, 5.74) is 3.21. The third kappa shape index (κ3) is 3.37. The minimum Gasteiger partial charge on any atom is -0.267 e. The fraction of sp³-hybridized carbons (Fsp3) is 0. The van der Waals surface area contributed by atoms with Crippen LogP contribution in [0.25, 0.3) is 0 Å². The van der Waals surface area contributed by atoms with E-state index in [1.54, 1.807) is 0 Å². The molecule has 2 aromatic carbocycles. The van der Waals surface area contributed by atoms with Crippen molar-refractivity contribution in [2.45, 2.75) is 0 Å². The third-order valence-corrected chi connectivity index (χ3v) is 2.98. The van der Waals surface area contributed by atoms with Crippen molar-refractivity contribution in [2.24, 2.45) is 0 Å². The molecule has 0 atom stereocenters. The average Bonchev–Trinajstić information content (AvgIpc) is 2.48. The van der Waals surface area contributed by atoms with Gasteiger partial charge in [-0.2, -0.15) is 0 Å². The van der Waals surface area contributed by atoms with E-state index in [9.17, 15) is 22.8 Å². The topological polar surface area (TPSA) is 58.2 Å². The lowest BCUT2D eigenvalue weighted by molar-refractivity contribution is 0.0844. The van der Waals surface area contributed by atoms with E-state index in [4.69, 9.17) is 11.6 Å². The Bertz CT molecular complexity index is 753. The fourth-order valence-corrected chi connectivity index (χ4v) is 1.83. The zero-order valence-corrected chi connectivity index (χ0v) is 11.5. The van der Waals surface area contributed by atoms with Gasteiger partial charge in [-0.15, -0.1) is 0 Å². The summed E-state index contributed by atoms with van der Waals surface area (Å²) in [5.74, 6) is -5.15. The normalized spacial score (nSPS) is 10.2. The Morgan fingerprint density at radius 1 is 0.818 bits per heavy atom. The monoisotopic (exact) mass is 328 g/mol. The molecule has 0 saturated carbocycles. The number of hydrogen-bond acceptors (Lipinski definition) is 2. The number of amides is 2. The van der Waals surface area contributed by atoms with Crippen LogP contribution in [0.4, 0.5) is 13.2 Å². The lowest BCUT2D eigenvalue weighted by atomic mass is 10.2. The standard InChI is InChI=1S/C14H8ClF3N2O2/c15-9-6-12(18)11(17)5-8(9)14(22)20-19-13(21)7-3-1-2-4-10(7)16/h1-6H,(H,19,21)(H,20,22). The molecule has 0 aliphatic heterocycles. The molecule has 2 rings (SSSR count). The molecule has 4 nitrogen and oxygen atoms in total. The highest BCUT2D eigenvalue weighted by Crippen LogP contribution is 2.19. The van der Waals surface area contributed by atoms with Crippen LogP contribution in [0.2, 0.25) is 5.02 Å². The van der Waals surface area contributed by atoms with Crippen molar-refractivity contribution in [3.63, 3.8) is 0 Å². The van der Waals surface area contributed by atoms with Crippen LogP contribution in [-0.2, 0) is 0 Å². The fourth-order valence-electron chi connectivity index (χ4n) is 1.59. The van der Waals surface area contributed by atoms with Gasteiger partial charge in [0, 0.05) is 0 Å². The first-order chi connectivity index (χ1) is 10.4.